The summed E-state index contributed by atoms with van der Waals surface area (Å²) in [6.07, 6.45) is 1.50. The highest BCUT2D eigenvalue weighted by Crippen LogP contribution is 2.36. The number of nitrogens with zero attached hydrogens (tertiary/aromatic N) is 1. The Labute approximate surface area is 189 Å². The number of hydrogen-bond donors (Lipinski definition) is 2. The van der Waals surface area contributed by atoms with Crippen molar-refractivity contribution in [1.82, 2.24) is 4.90 Å². The van der Waals surface area contributed by atoms with E-state index in [2.05, 4.69) is 5.32 Å². The molecule has 3 amide bonds. The topological polar surface area (TPSA) is 95.9 Å². The molecule has 156 valence electrons. The standard InChI is InChI=1S/C20H16FIN2O5S/c1-2-29-15-7-11(6-14(22)18(15)26)8-16-19(27)24(20(28)30-16)10-17(25)23-13-5-3-4-12(21)9-13/h3-9,26H,2,10H2,1H3,(H,23,25)/b16-8+. The minimum atomic E-state index is -0.623. The first-order valence-electron chi connectivity index (χ1n) is 8.74. The summed E-state index contributed by atoms with van der Waals surface area (Å²) in [5.41, 5.74) is 0.792. The Morgan fingerprint density at radius 1 is 1.33 bits per heavy atom. The van der Waals surface area contributed by atoms with Crippen LogP contribution in [0, 0.1) is 9.39 Å². The van der Waals surface area contributed by atoms with Gasteiger partial charge in [-0.05, 0) is 83.2 Å². The van der Waals surface area contributed by atoms with Crippen molar-refractivity contribution in [2.75, 3.05) is 18.5 Å². The molecule has 0 radical (unpaired) electrons. The van der Waals surface area contributed by atoms with Crippen molar-refractivity contribution in [1.29, 1.82) is 0 Å². The number of nitrogens with one attached hydrogen (secondary N) is 1. The Hall–Kier alpha value is -2.60. The van der Waals surface area contributed by atoms with Crippen LogP contribution in [0.3, 0.4) is 0 Å². The van der Waals surface area contributed by atoms with E-state index in [9.17, 15) is 23.9 Å². The molecule has 3 rings (SSSR count). The van der Waals surface area contributed by atoms with Gasteiger partial charge in [0.15, 0.2) is 11.5 Å². The van der Waals surface area contributed by atoms with Crippen LogP contribution < -0.4 is 10.1 Å². The predicted octanol–water partition coefficient (Wildman–Crippen LogP) is 4.21. The molecule has 30 heavy (non-hydrogen) atoms. The maximum atomic E-state index is 13.2. The van der Waals surface area contributed by atoms with Crippen LogP contribution in [0.1, 0.15) is 12.5 Å². The fraction of sp³-hybridized carbons (Fsp3) is 0.150. The number of phenols is 1. The zero-order valence-corrected chi connectivity index (χ0v) is 18.6. The van der Waals surface area contributed by atoms with E-state index >= 15 is 0 Å². The van der Waals surface area contributed by atoms with Crippen LogP contribution in [0.4, 0.5) is 14.9 Å². The van der Waals surface area contributed by atoms with Gasteiger partial charge in [-0.3, -0.25) is 19.3 Å². The van der Waals surface area contributed by atoms with Crippen LogP contribution in [-0.4, -0.2) is 40.2 Å². The number of amides is 3. The molecule has 2 N–H and O–H groups in total. The molecule has 0 aromatic heterocycles. The van der Waals surface area contributed by atoms with Gasteiger partial charge in [-0.15, -0.1) is 0 Å². The van der Waals surface area contributed by atoms with E-state index in [0.29, 0.717) is 27.5 Å². The Morgan fingerprint density at radius 3 is 2.80 bits per heavy atom. The van der Waals surface area contributed by atoms with E-state index in [0.717, 1.165) is 11.0 Å². The molecular weight excluding hydrogens is 526 g/mol. The smallest absolute Gasteiger partial charge is 0.294 e. The predicted molar refractivity (Wildman–Crippen MR) is 120 cm³/mol. The second kappa shape index (κ2) is 9.47. The maximum absolute atomic E-state index is 13.2. The lowest BCUT2D eigenvalue weighted by Gasteiger charge is -2.12. The lowest BCUT2D eigenvalue weighted by Crippen LogP contribution is -2.36. The van der Waals surface area contributed by atoms with Gasteiger partial charge in [0.1, 0.15) is 12.4 Å². The Morgan fingerprint density at radius 2 is 2.10 bits per heavy atom. The minimum Gasteiger partial charge on any atom is -0.504 e. The number of halogens is 2. The molecule has 2 aromatic carbocycles. The van der Waals surface area contributed by atoms with Gasteiger partial charge in [0.25, 0.3) is 11.1 Å². The van der Waals surface area contributed by atoms with E-state index in [-0.39, 0.29) is 22.1 Å². The Balaban J connectivity index is 1.75. The molecule has 0 spiro atoms. The van der Waals surface area contributed by atoms with E-state index in [1.807, 2.05) is 22.6 Å². The average Bonchev–Trinajstić information content (AvgIpc) is 2.93. The van der Waals surface area contributed by atoms with Crippen molar-refractivity contribution < 1.29 is 28.6 Å². The van der Waals surface area contributed by atoms with E-state index in [1.165, 1.54) is 24.3 Å². The number of hydrogen-bond acceptors (Lipinski definition) is 6. The fourth-order valence-corrected chi connectivity index (χ4v) is 4.10. The van der Waals surface area contributed by atoms with Crippen LogP contribution >= 0.6 is 34.4 Å². The van der Waals surface area contributed by atoms with Gasteiger partial charge < -0.3 is 15.2 Å². The summed E-state index contributed by atoms with van der Waals surface area (Å²) in [5.74, 6) is -1.49. The lowest BCUT2D eigenvalue weighted by molar-refractivity contribution is -0.127. The normalized spacial score (nSPS) is 15.0. The second-order valence-electron chi connectivity index (χ2n) is 6.11. The van der Waals surface area contributed by atoms with E-state index in [4.69, 9.17) is 4.74 Å². The van der Waals surface area contributed by atoms with Crippen molar-refractivity contribution in [2.45, 2.75) is 6.92 Å². The van der Waals surface area contributed by atoms with Gasteiger partial charge >= 0.3 is 0 Å². The van der Waals surface area contributed by atoms with Gasteiger partial charge in [-0.2, -0.15) is 0 Å². The molecule has 10 heteroatoms. The first-order valence-corrected chi connectivity index (χ1v) is 10.6. The van der Waals surface area contributed by atoms with Crippen LogP contribution in [0.2, 0.25) is 0 Å². The van der Waals surface area contributed by atoms with Crippen LogP contribution in [0.5, 0.6) is 11.5 Å². The number of ether oxygens (including phenoxy) is 1. The van der Waals surface area contributed by atoms with Gasteiger partial charge in [0.2, 0.25) is 5.91 Å². The molecule has 0 unspecified atom stereocenters. The molecule has 2 aromatic rings. The molecule has 0 aliphatic carbocycles. The highest BCUT2D eigenvalue weighted by molar-refractivity contribution is 14.1. The molecule has 1 aliphatic heterocycles. The summed E-state index contributed by atoms with van der Waals surface area (Å²) in [4.78, 5) is 38.0. The monoisotopic (exact) mass is 542 g/mol. The summed E-state index contributed by atoms with van der Waals surface area (Å²) in [6, 6.07) is 8.50. The highest BCUT2D eigenvalue weighted by atomic mass is 127. The zero-order chi connectivity index (χ0) is 21.8. The van der Waals surface area contributed by atoms with Gasteiger partial charge in [0.05, 0.1) is 15.1 Å². The molecule has 7 nitrogen and oxygen atoms in total. The largest absolute Gasteiger partial charge is 0.504 e. The minimum absolute atomic E-state index is 0.00303. The van der Waals surface area contributed by atoms with Crippen molar-refractivity contribution in [3.05, 3.63) is 56.3 Å². The molecule has 1 heterocycles. The van der Waals surface area contributed by atoms with E-state index < -0.39 is 29.4 Å². The summed E-state index contributed by atoms with van der Waals surface area (Å²) in [5, 5.41) is 11.9. The SMILES string of the molecule is CCOc1cc(/C=C2/SC(=O)N(CC(=O)Nc3cccc(F)c3)C2=O)cc(I)c1O. The molecule has 0 bridgehead atoms. The van der Waals surface area contributed by atoms with Crippen LogP contribution in [0.15, 0.2) is 41.3 Å². The third-order valence-electron chi connectivity index (χ3n) is 3.93. The molecule has 0 saturated carbocycles. The molecular formula is C20H16FIN2O5S. The Kier molecular flexibility index (Phi) is 6.98. The Bertz CT molecular complexity index is 1060. The quantitative estimate of drug-likeness (QED) is 0.420. The number of rotatable bonds is 6. The second-order valence-corrected chi connectivity index (χ2v) is 8.26. The number of phenolic OH excluding ortho intramolecular Hbond substituents is 1. The average molecular weight is 542 g/mol. The third kappa shape index (κ3) is 5.11. The van der Waals surface area contributed by atoms with Crippen LogP contribution in [-0.2, 0) is 9.59 Å². The molecule has 1 fully saturated rings. The molecule has 1 aliphatic rings. The molecule has 0 atom stereocenters. The first-order chi connectivity index (χ1) is 14.3. The van der Waals surface area contributed by atoms with Crippen molar-refractivity contribution in [3.63, 3.8) is 0 Å². The summed E-state index contributed by atoms with van der Waals surface area (Å²) >= 11 is 2.65. The van der Waals surface area contributed by atoms with E-state index in [1.54, 1.807) is 19.1 Å². The third-order valence-corrected chi connectivity index (χ3v) is 5.66. The number of benzene rings is 2. The number of anilines is 1. The molecule has 1 saturated heterocycles. The van der Waals surface area contributed by atoms with Crippen molar-refractivity contribution in [2.24, 2.45) is 0 Å². The zero-order valence-electron chi connectivity index (χ0n) is 15.6. The number of carbonyl (C=O) groups is 3. The first kappa shape index (κ1) is 22.1. The lowest BCUT2D eigenvalue weighted by atomic mass is 10.2. The highest BCUT2D eigenvalue weighted by Gasteiger charge is 2.36. The van der Waals surface area contributed by atoms with Crippen molar-refractivity contribution in [3.8, 4) is 11.5 Å². The van der Waals surface area contributed by atoms with Crippen LogP contribution in [0.25, 0.3) is 6.08 Å². The summed E-state index contributed by atoms with van der Waals surface area (Å²) < 4.78 is 19.1. The number of thioether (sulfide) groups is 1. The van der Waals surface area contributed by atoms with Gasteiger partial charge in [-0.25, -0.2) is 4.39 Å². The summed E-state index contributed by atoms with van der Waals surface area (Å²) in [7, 11) is 0. The van der Waals surface area contributed by atoms with Gasteiger partial charge in [-0.1, -0.05) is 6.07 Å². The number of carbonyl (C=O) groups excluding carboxylic acids is 3. The summed E-state index contributed by atoms with van der Waals surface area (Å²) in [6.45, 7) is 1.64. The van der Waals surface area contributed by atoms with Gasteiger partial charge in [0, 0.05) is 5.69 Å². The van der Waals surface area contributed by atoms with Crippen molar-refractivity contribution >= 4 is 63.2 Å². The number of imide groups is 1. The maximum Gasteiger partial charge on any atom is 0.294 e. The fourth-order valence-electron chi connectivity index (χ4n) is 2.64. The number of aromatic hydroxyl groups is 1.